The van der Waals surface area contributed by atoms with Gasteiger partial charge in [0.2, 0.25) is 0 Å². The molecule has 1 unspecified atom stereocenters. The van der Waals surface area contributed by atoms with Crippen LogP contribution >= 0.6 is 11.3 Å². The van der Waals surface area contributed by atoms with E-state index in [1.54, 1.807) is 31.6 Å². The molecule has 3 N–H and O–H groups in total. The molecule has 0 bridgehead atoms. The van der Waals surface area contributed by atoms with Crippen molar-refractivity contribution < 1.29 is 9.47 Å². The first kappa shape index (κ1) is 14.5. The molecule has 1 aromatic carbocycles. The molecule has 4 nitrogen and oxygen atoms in total. The van der Waals surface area contributed by atoms with Crippen LogP contribution in [0.2, 0.25) is 0 Å². The van der Waals surface area contributed by atoms with Crippen LogP contribution in [0.3, 0.4) is 0 Å². The first-order valence-electron chi connectivity index (χ1n) is 6.51. The number of benzene rings is 1. The average Bonchev–Trinajstić information content (AvgIpc) is 2.99. The van der Waals surface area contributed by atoms with Gasteiger partial charge in [0.1, 0.15) is 0 Å². The van der Waals surface area contributed by atoms with Gasteiger partial charge in [-0.2, -0.15) is 0 Å². The fourth-order valence-electron chi connectivity index (χ4n) is 2.07. The van der Waals surface area contributed by atoms with E-state index in [1.165, 1.54) is 4.88 Å². The fourth-order valence-corrected chi connectivity index (χ4v) is 2.93. The lowest BCUT2D eigenvalue weighted by Crippen LogP contribution is -2.10. The lowest BCUT2D eigenvalue weighted by Gasteiger charge is -2.20. The highest BCUT2D eigenvalue weighted by atomic mass is 32.1. The minimum Gasteiger partial charge on any atom is -0.493 e. The molecule has 0 radical (unpaired) electrons. The van der Waals surface area contributed by atoms with Crippen molar-refractivity contribution in [1.82, 2.24) is 0 Å². The molecule has 5 heteroatoms. The van der Waals surface area contributed by atoms with Crippen molar-refractivity contribution in [3.05, 3.63) is 34.5 Å². The van der Waals surface area contributed by atoms with Crippen molar-refractivity contribution in [3.63, 3.8) is 0 Å². The Balaban J connectivity index is 2.28. The second-order valence-electron chi connectivity index (χ2n) is 4.42. The first-order chi connectivity index (χ1) is 9.69. The van der Waals surface area contributed by atoms with Crippen molar-refractivity contribution in [2.75, 3.05) is 25.3 Å². The Kier molecular flexibility index (Phi) is 4.74. The molecule has 1 aromatic heterocycles. The molecular formula is C15H20N2O2S. The molecule has 0 spiro atoms. The van der Waals surface area contributed by atoms with Crippen LogP contribution in [0.25, 0.3) is 0 Å². The molecule has 2 aromatic rings. The van der Waals surface area contributed by atoms with Crippen molar-refractivity contribution in [1.29, 1.82) is 0 Å². The number of rotatable bonds is 6. The normalized spacial score (nSPS) is 11.9. The summed E-state index contributed by atoms with van der Waals surface area (Å²) in [5.74, 6) is 1.31. The zero-order valence-corrected chi connectivity index (χ0v) is 12.8. The average molecular weight is 292 g/mol. The molecule has 0 fully saturated rings. The molecule has 0 aliphatic rings. The predicted octanol–water partition coefficient (Wildman–Crippen LogP) is 3.91. The van der Waals surface area contributed by atoms with Gasteiger partial charge in [-0.15, -0.1) is 11.3 Å². The van der Waals surface area contributed by atoms with E-state index in [2.05, 4.69) is 29.8 Å². The Morgan fingerprint density at radius 1 is 1.25 bits per heavy atom. The number of nitrogens with two attached hydrogens (primary N) is 1. The molecule has 0 aliphatic carbocycles. The van der Waals surface area contributed by atoms with Crippen molar-refractivity contribution >= 4 is 22.7 Å². The molecular weight excluding hydrogens is 272 g/mol. The van der Waals surface area contributed by atoms with Crippen molar-refractivity contribution in [2.24, 2.45) is 0 Å². The van der Waals surface area contributed by atoms with Gasteiger partial charge in [0.25, 0.3) is 0 Å². The number of hydrogen-bond acceptors (Lipinski definition) is 5. The maximum atomic E-state index is 6.08. The van der Waals surface area contributed by atoms with Crippen LogP contribution < -0.4 is 20.5 Å². The predicted molar refractivity (Wildman–Crippen MR) is 84.9 cm³/mol. The molecule has 108 valence electrons. The van der Waals surface area contributed by atoms with E-state index < -0.39 is 0 Å². The highest BCUT2D eigenvalue weighted by Gasteiger charge is 2.14. The zero-order chi connectivity index (χ0) is 14.5. The number of ether oxygens (including phenoxy) is 2. The first-order valence-corrected chi connectivity index (χ1v) is 7.39. The molecule has 0 aliphatic heterocycles. The maximum absolute atomic E-state index is 6.08. The van der Waals surface area contributed by atoms with Crippen LogP contribution in [0.15, 0.2) is 29.6 Å². The van der Waals surface area contributed by atoms with Gasteiger partial charge < -0.3 is 20.5 Å². The van der Waals surface area contributed by atoms with E-state index in [0.29, 0.717) is 17.2 Å². The summed E-state index contributed by atoms with van der Waals surface area (Å²) in [6, 6.07) is 8.09. The summed E-state index contributed by atoms with van der Waals surface area (Å²) < 4.78 is 10.6. The third kappa shape index (κ3) is 2.99. The smallest absolute Gasteiger partial charge is 0.162 e. The van der Waals surface area contributed by atoms with Crippen LogP contribution in [0, 0.1) is 0 Å². The summed E-state index contributed by atoms with van der Waals surface area (Å²) >= 11 is 1.74. The highest BCUT2D eigenvalue weighted by molar-refractivity contribution is 7.10. The number of methoxy groups -OCH3 is 2. The minimum atomic E-state index is 0.246. The molecule has 1 heterocycles. The van der Waals surface area contributed by atoms with E-state index in [-0.39, 0.29) is 6.04 Å². The second-order valence-corrected chi connectivity index (χ2v) is 5.39. The largest absolute Gasteiger partial charge is 0.493 e. The summed E-state index contributed by atoms with van der Waals surface area (Å²) in [6.45, 7) is 2.15. The Hall–Kier alpha value is -1.88. The lowest BCUT2D eigenvalue weighted by atomic mass is 10.1. The van der Waals surface area contributed by atoms with Gasteiger partial charge in [0, 0.05) is 17.0 Å². The Morgan fingerprint density at radius 3 is 2.50 bits per heavy atom. The number of hydrogen-bond donors (Lipinski definition) is 2. The van der Waals surface area contributed by atoms with Crippen molar-refractivity contribution in [2.45, 2.75) is 19.4 Å². The summed E-state index contributed by atoms with van der Waals surface area (Å²) in [5, 5.41) is 5.56. The van der Waals surface area contributed by atoms with Crippen LogP contribution in [0.5, 0.6) is 11.5 Å². The Bertz CT molecular complexity index is 555. The standard InChI is InChI=1S/C15H20N2O2S/c1-4-11(15-6-5-7-20-15)17-12-9-14(19-3)13(18-2)8-10(12)16/h5-9,11,17H,4,16H2,1-3H3. The van der Waals surface area contributed by atoms with Crippen LogP contribution in [-0.2, 0) is 0 Å². The monoisotopic (exact) mass is 292 g/mol. The van der Waals surface area contributed by atoms with Crippen molar-refractivity contribution in [3.8, 4) is 11.5 Å². The second kappa shape index (κ2) is 6.52. The third-order valence-electron chi connectivity index (χ3n) is 3.18. The fraction of sp³-hybridized carbons (Fsp3) is 0.333. The minimum absolute atomic E-state index is 0.246. The summed E-state index contributed by atoms with van der Waals surface area (Å²) in [6.07, 6.45) is 0.980. The van der Waals surface area contributed by atoms with Gasteiger partial charge in [-0.3, -0.25) is 0 Å². The molecule has 0 amide bonds. The summed E-state index contributed by atoms with van der Waals surface area (Å²) in [7, 11) is 3.22. The topological polar surface area (TPSA) is 56.5 Å². The van der Waals surface area contributed by atoms with Crippen LogP contribution in [0.4, 0.5) is 11.4 Å². The van der Waals surface area contributed by atoms with E-state index >= 15 is 0 Å². The Labute approximate surface area is 123 Å². The zero-order valence-electron chi connectivity index (χ0n) is 12.0. The van der Waals surface area contributed by atoms with Gasteiger partial charge in [-0.05, 0) is 17.9 Å². The van der Waals surface area contributed by atoms with Gasteiger partial charge in [0.15, 0.2) is 11.5 Å². The molecule has 20 heavy (non-hydrogen) atoms. The van der Waals surface area contributed by atoms with Gasteiger partial charge in [-0.25, -0.2) is 0 Å². The van der Waals surface area contributed by atoms with Gasteiger partial charge >= 0.3 is 0 Å². The summed E-state index contributed by atoms with van der Waals surface area (Å²) in [5.41, 5.74) is 7.60. The SMILES string of the molecule is CCC(Nc1cc(OC)c(OC)cc1N)c1cccs1. The summed E-state index contributed by atoms with van der Waals surface area (Å²) in [4.78, 5) is 1.29. The van der Waals surface area contributed by atoms with Gasteiger partial charge in [0.05, 0.1) is 31.6 Å². The maximum Gasteiger partial charge on any atom is 0.162 e. The third-order valence-corrected chi connectivity index (χ3v) is 4.17. The quantitative estimate of drug-likeness (QED) is 0.793. The lowest BCUT2D eigenvalue weighted by molar-refractivity contribution is 0.355. The molecule has 0 saturated heterocycles. The number of nitrogens with one attached hydrogen (secondary N) is 1. The van der Waals surface area contributed by atoms with Crippen LogP contribution in [-0.4, -0.2) is 14.2 Å². The Morgan fingerprint density at radius 2 is 1.95 bits per heavy atom. The number of thiophene rings is 1. The molecule has 1 atom stereocenters. The van der Waals surface area contributed by atoms with E-state index in [1.807, 2.05) is 6.07 Å². The van der Waals surface area contributed by atoms with E-state index in [4.69, 9.17) is 15.2 Å². The highest BCUT2D eigenvalue weighted by Crippen LogP contribution is 2.37. The van der Waals surface area contributed by atoms with E-state index in [0.717, 1.165) is 12.1 Å². The molecule has 2 rings (SSSR count). The number of nitrogen functional groups attached to an aromatic ring is 1. The van der Waals surface area contributed by atoms with Crippen LogP contribution in [0.1, 0.15) is 24.3 Å². The van der Waals surface area contributed by atoms with Gasteiger partial charge in [-0.1, -0.05) is 13.0 Å². The number of anilines is 2. The molecule has 0 saturated carbocycles. The van der Waals surface area contributed by atoms with E-state index in [9.17, 15) is 0 Å².